The molecule has 0 saturated heterocycles. The molecule has 0 radical (unpaired) electrons. The maximum absolute atomic E-state index is 2.17. The molecule has 0 N–H and O–H groups in total. The maximum atomic E-state index is 2.17. The van der Waals surface area contributed by atoms with Gasteiger partial charge < -0.3 is 34.0 Å². The molecule has 2 heterocycles. The normalized spacial score (nSPS) is 8.88. The molecule has 16 heavy (non-hydrogen) atoms. The minimum absolute atomic E-state index is 0. The van der Waals surface area contributed by atoms with Crippen molar-refractivity contribution in [2.24, 2.45) is 7.05 Å². The zero-order chi connectivity index (χ0) is 9.97. The second-order valence-corrected chi connectivity index (χ2v) is 3.38. The quantitative estimate of drug-likeness (QED) is 0.458. The Balaban J connectivity index is 0.00000112. The molecule has 0 aliphatic heterocycles. The summed E-state index contributed by atoms with van der Waals surface area (Å²) in [5.74, 6) is 1.17. The van der Waals surface area contributed by atoms with Crippen LogP contribution in [0.3, 0.4) is 0 Å². The van der Waals surface area contributed by atoms with Gasteiger partial charge in [0.05, 0.1) is 6.07 Å². The zero-order valence-corrected chi connectivity index (χ0v) is 12.4. The van der Waals surface area contributed by atoms with E-state index in [1.54, 1.807) is 0 Å². The molecule has 0 saturated carbocycles. The van der Waals surface area contributed by atoms with Crippen LogP contribution in [0.1, 0.15) is 5.69 Å². The van der Waals surface area contributed by atoms with Crippen molar-refractivity contribution in [3.63, 3.8) is 0 Å². The second kappa shape index (κ2) is 6.76. The SMILES string of the molecule is Cc1cccc[n+]1-c1cccc[n+]1C.[Br-].[Br-]. The highest BCUT2D eigenvalue weighted by molar-refractivity contribution is 5.06. The molecule has 0 aromatic carbocycles. The molecular weight excluding hydrogens is 332 g/mol. The predicted molar refractivity (Wildman–Crippen MR) is 53.9 cm³/mol. The Hall–Kier alpha value is -0.740. The van der Waals surface area contributed by atoms with Gasteiger partial charge in [0, 0.05) is 25.1 Å². The summed E-state index contributed by atoms with van der Waals surface area (Å²) in [5, 5.41) is 0. The van der Waals surface area contributed by atoms with Gasteiger partial charge in [0.15, 0.2) is 18.1 Å². The number of hydrogen-bond donors (Lipinski definition) is 0. The van der Waals surface area contributed by atoms with Gasteiger partial charge in [-0.05, 0) is 6.07 Å². The Morgan fingerprint density at radius 3 is 2.12 bits per heavy atom. The lowest BCUT2D eigenvalue weighted by atomic mass is 10.3. The molecule has 0 spiro atoms. The number of nitrogens with zero attached hydrogens (tertiary/aromatic N) is 2. The first-order valence-electron chi connectivity index (χ1n) is 4.71. The molecule has 0 amide bonds. The van der Waals surface area contributed by atoms with Gasteiger partial charge in [0.1, 0.15) is 7.05 Å². The van der Waals surface area contributed by atoms with Crippen LogP contribution in [-0.4, -0.2) is 0 Å². The van der Waals surface area contributed by atoms with Crippen LogP contribution in [0, 0.1) is 6.92 Å². The van der Waals surface area contributed by atoms with Crippen LogP contribution >= 0.6 is 0 Å². The van der Waals surface area contributed by atoms with E-state index in [1.807, 2.05) is 12.1 Å². The van der Waals surface area contributed by atoms with E-state index in [1.165, 1.54) is 11.5 Å². The topological polar surface area (TPSA) is 7.76 Å². The average molecular weight is 346 g/mol. The third-order valence-electron chi connectivity index (χ3n) is 2.34. The van der Waals surface area contributed by atoms with Crippen LogP contribution in [0.2, 0.25) is 0 Å². The van der Waals surface area contributed by atoms with Crippen molar-refractivity contribution in [2.45, 2.75) is 6.92 Å². The van der Waals surface area contributed by atoms with E-state index in [-0.39, 0.29) is 34.0 Å². The summed E-state index contributed by atoms with van der Waals surface area (Å²) in [5.41, 5.74) is 1.23. The van der Waals surface area contributed by atoms with E-state index >= 15 is 0 Å². The molecule has 0 fully saturated rings. The molecule has 86 valence electrons. The van der Waals surface area contributed by atoms with Crippen molar-refractivity contribution < 1.29 is 43.1 Å². The molecule has 2 aromatic heterocycles. The lowest BCUT2D eigenvalue weighted by Crippen LogP contribution is -3.00. The van der Waals surface area contributed by atoms with Gasteiger partial charge in [-0.2, -0.15) is 0 Å². The molecular formula is C12H14Br2N2. The van der Waals surface area contributed by atoms with Crippen molar-refractivity contribution >= 4 is 0 Å². The highest BCUT2D eigenvalue weighted by Crippen LogP contribution is 1.94. The zero-order valence-electron chi connectivity index (χ0n) is 9.27. The fraction of sp³-hybridized carbons (Fsp3) is 0.167. The number of halogens is 2. The van der Waals surface area contributed by atoms with E-state index in [2.05, 4.69) is 59.8 Å². The first-order chi connectivity index (χ1) is 6.79. The number of aryl methyl sites for hydroxylation is 2. The summed E-state index contributed by atoms with van der Waals surface area (Å²) >= 11 is 0. The van der Waals surface area contributed by atoms with Gasteiger partial charge >= 0.3 is 5.82 Å². The van der Waals surface area contributed by atoms with Crippen molar-refractivity contribution in [1.29, 1.82) is 0 Å². The summed E-state index contributed by atoms with van der Waals surface area (Å²) in [7, 11) is 2.05. The van der Waals surface area contributed by atoms with Gasteiger partial charge in [0.2, 0.25) is 0 Å². The lowest BCUT2D eigenvalue weighted by Gasteiger charge is -1.95. The van der Waals surface area contributed by atoms with Crippen LogP contribution in [0.5, 0.6) is 0 Å². The summed E-state index contributed by atoms with van der Waals surface area (Å²) < 4.78 is 4.27. The van der Waals surface area contributed by atoms with Crippen molar-refractivity contribution in [3.8, 4) is 5.82 Å². The number of hydrogen-bond acceptors (Lipinski definition) is 0. The molecule has 0 unspecified atom stereocenters. The average Bonchev–Trinajstić information content (AvgIpc) is 2.20. The maximum Gasteiger partial charge on any atom is 0.449 e. The van der Waals surface area contributed by atoms with E-state index in [9.17, 15) is 0 Å². The predicted octanol–water partition coefficient (Wildman–Crippen LogP) is -4.90. The summed E-state index contributed by atoms with van der Waals surface area (Å²) in [6.07, 6.45) is 4.12. The van der Waals surface area contributed by atoms with E-state index in [4.69, 9.17) is 0 Å². The van der Waals surface area contributed by atoms with Gasteiger partial charge in [-0.3, -0.25) is 0 Å². The number of aromatic nitrogens is 2. The first kappa shape index (κ1) is 15.3. The Bertz CT molecular complexity index is 415. The van der Waals surface area contributed by atoms with Crippen molar-refractivity contribution in [1.82, 2.24) is 0 Å². The molecule has 2 rings (SSSR count). The summed E-state index contributed by atoms with van der Waals surface area (Å²) in [6.45, 7) is 2.10. The molecule has 4 heteroatoms. The van der Waals surface area contributed by atoms with Crippen LogP contribution in [0.4, 0.5) is 0 Å². The third kappa shape index (κ3) is 3.12. The van der Waals surface area contributed by atoms with E-state index < -0.39 is 0 Å². The van der Waals surface area contributed by atoms with Crippen LogP contribution in [0.15, 0.2) is 48.8 Å². The van der Waals surface area contributed by atoms with Gasteiger partial charge in [-0.15, -0.1) is 9.13 Å². The summed E-state index contributed by atoms with van der Waals surface area (Å²) in [4.78, 5) is 0. The number of rotatable bonds is 1. The van der Waals surface area contributed by atoms with Gasteiger partial charge in [0.25, 0.3) is 0 Å². The van der Waals surface area contributed by atoms with Gasteiger partial charge in [-0.25, -0.2) is 0 Å². The molecule has 0 atom stereocenters. The largest absolute Gasteiger partial charge is 1.00 e. The van der Waals surface area contributed by atoms with E-state index in [0.717, 1.165) is 0 Å². The molecule has 0 bridgehead atoms. The highest BCUT2D eigenvalue weighted by atomic mass is 79.9. The minimum Gasteiger partial charge on any atom is -1.00 e. The molecule has 2 nitrogen and oxygen atoms in total. The van der Waals surface area contributed by atoms with Gasteiger partial charge in [-0.1, -0.05) is 6.07 Å². The Morgan fingerprint density at radius 1 is 0.875 bits per heavy atom. The Kier molecular flexibility index (Phi) is 6.45. The Morgan fingerprint density at radius 2 is 1.50 bits per heavy atom. The first-order valence-corrected chi connectivity index (χ1v) is 4.71. The van der Waals surface area contributed by atoms with Crippen LogP contribution in [0.25, 0.3) is 5.82 Å². The van der Waals surface area contributed by atoms with Crippen LogP contribution in [-0.2, 0) is 7.05 Å². The molecule has 0 aliphatic carbocycles. The monoisotopic (exact) mass is 344 g/mol. The van der Waals surface area contributed by atoms with Crippen LogP contribution < -0.4 is 43.1 Å². The molecule has 0 aliphatic rings. The lowest BCUT2D eigenvalue weighted by molar-refractivity contribution is -0.780. The number of pyridine rings is 2. The summed E-state index contributed by atoms with van der Waals surface area (Å²) in [6, 6.07) is 12.4. The highest BCUT2D eigenvalue weighted by Gasteiger charge is 2.17. The second-order valence-electron chi connectivity index (χ2n) is 3.38. The fourth-order valence-electron chi connectivity index (χ4n) is 1.55. The van der Waals surface area contributed by atoms with Crippen molar-refractivity contribution in [2.75, 3.05) is 0 Å². The standard InChI is InChI=1S/C12H14N2.2BrH/c1-11-7-3-6-10-14(11)12-8-4-5-9-13(12)2;;/h3-10H,1-2H3;2*1H/q+2;;/p-2. The molecule has 2 aromatic rings. The van der Waals surface area contributed by atoms with Crippen molar-refractivity contribution in [3.05, 3.63) is 54.5 Å². The Labute approximate surface area is 117 Å². The third-order valence-corrected chi connectivity index (χ3v) is 2.34. The fourth-order valence-corrected chi connectivity index (χ4v) is 1.55. The minimum atomic E-state index is 0. The van der Waals surface area contributed by atoms with E-state index in [0.29, 0.717) is 0 Å². The smallest absolute Gasteiger partial charge is 0.449 e.